The molecule has 0 unspecified atom stereocenters. The fourth-order valence-electron chi connectivity index (χ4n) is 2.56. The minimum atomic E-state index is -0.639. The van der Waals surface area contributed by atoms with Crippen LogP contribution in [0.5, 0.6) is 0 Å². The first kappa shape index (κ1) is 19.8. The normalized spacial score (nSPS) is 17.8. The first-order valence-electron chi connectivity index (χ1n) is 8.45. The van der Waals surface area contributed by atoms with Gasteiger partial charge in [0.05, 0.1) is 5.69 Å². The molecule has 0 aromatic heterocycles. The number of aliphatic imine (C=N–C) groups is 1. The Morgan fingerprint density at radius 2 is 1.75 bits per heavy atom. The molecule has 28 heavy (non-hydrogen) atoms. The Labute approximate surface area is 165 Å². The van der Waals surface area contributed by atoms with E-state index in [1.807, 2.05) is 0 Å². The number of nitrogens with zero attached hydrogens (tertiary/aromatic N) is 2. The van der Waals surface area contributed by atoms with Gasteiger partial charge in [0, 0.05) is 18.7 Å². The molecule has 3 rings (SSSR count). The van der Waals surface area contributed by atoms with E-state index < -0.39 is 11.1 Å². The molecule has 1 atom stereocenters. The highest BCUT2D eigenvalue weighted by molar-refractivity contribution is 8.15. The summed E-state index contributed by atoms with van der Waals surface area (Å²) in [4.78, 5) is 30.8. The van der Waals surface area contributed by atoms with Crippen molar-refractivity contribution in [2.24, 2.45) is 4.99 Å². The molecular weight excluding hydrogens is 384 g/mol. The molecule has 2 amide bonds. The SMILES string of the molecule is C=CCN1C(=O)[C@H](CC(=O)Nc2ccc(F)cc2)SC1=Nc1ccc(F)cc1. The number of rotatable bonds is 6. The second-order valence-corrected chi connectivity index (χ2v) is 7.14. The Bertz CT molecular complexity index is 914. The first-order valence-corrected chi connectivity index (χ1v) is 9.33. The molecular formula is C20H17F2N3O2S. The van der Waals surface area contributed by atoms with Crippen LogP contribution in [0.3, 0.4) is 0 Å². The van der Waals surface area contributed by atoms with Crippen LogP contribution in [0, 0.1) is 11.6 Å². The van der Waals surface area contributed by atoms with Crippen LogP contribution < -0.4 is 5.32 Å². The van der Waals surface area contributed by atoms with Crippen molar-refractivity contribution in [2.75, 3.05) is 11.9 Å². The smallest absolute Gasteiger partial charge is 0.242 e. The minimum absolute atomic E-state index is 0.0586. The van der Waals surface area contributed by atoms with Crippen molar-refractivity contribution >= 4 is 40.1 Å². The number of amides is 2. The molecule has 0 spiro atoms. The minimum Gasteiger partial charge on any atom is -0.326 e. The monoisotopic (exact) mass is 401 g/mol. The van der Waals surface area contributed by atoms with Crippen molar-refractivity contribution in [2.45, 2.75) is 11.7 Å². The Kier molecular flexibility index (Phi) is 6.20. The lowest BCUT2D eigenvalue weighted by atomic mass is 10.2. The van der Waals surface area contributed by atoms with E-state index in [9.17, 15) is 18.4 Å². The molecule has 1 aliphatic rings. The van der Waals surface area contributed by atoms with Crippen molar-refractivity contribution in [3.05, 3.63) is 72.8 Å². The van der Waals surface area contributed by atoms with Gasteiger partial charge in [-0.25, -0.2) is 13.8 Å². The van der Waals surface area contributed by atoms with Crippen LogP contribution in [0.2, 0.25) is 0 Å². The van der Waals surface area contributed by atoms with Gasteiger partial charge in [0.2, 0.25) is 11.8 Å². The van der Waals surface area contributed by atoms with Gasteiger partial charge in [-0.15, -0.1) is 6.58 Å². The highest BCUT2D eigenvalue weighted by atomic mass is 32.2. The van der Waals surface area contributed by atoms with E-state index >= 15 is 0 Å². The molecule has 0 radical (unpaired) electrons. The highest BCUT2D eigenvalue weighted by Gasteiger charge is 2.38. The number of nitrogens with one attached hydrogen (secondary N) is 1. The molecule has 0 aliphatic carbocycles. The van der Waals surface area contributed by atoms with Crippen molar-refractivity contribution in [3.8, 4) is 0 Å². The second-order valence-electron chi connectivity index (χ2n) is 5.97. The Hall–Kier alpha value is -3.00. The number of anilines is 1. The number of amidine groups is 1. The maximum Gasteiger partial charge on any atom is 0.242 e. The number of carbonyl (C=O) groups is 2. The predicted molar refractivity (Wildman–Crippen MR) is 106 cm³/mol. The van der Waals surface area contributed by atoms with E-state index in [2.05, 4.69) is 16.9 Å². The number of benzene rings is 2. The van der Waals surface area contributed by atoms with Gasteiger partial charge in [-0.1, -0.05) is 17.8 Å². The third-order valence-corrected chi connectivity index (χ3v) is 5.06. The maximum absolute atomic E-state index is 13.1. The van der Waals surface area contributed by atoms with Crippen LogP contribution >= 0.6 is 11.8 Å². The first-order chi connectivity index (χ1) is 13.5. The van der Waals surface area contributed by atoms with Gasteiger partial charge in [-0.3, -0.25) is 14.5 Å². The highest BCUT2D eigenvalue weighted by Crippen LogP contribution is 2.31. The van der Waals surface area contributed by atoms with E-state index in [1.165, 1.54) is 65.2 Å². The fourth-order valence-corrected chi connectivity index (χ4v) is 3.73. The lowest BCUT2D eigenvalue weighted by Crippen LogP contribution is -2.33. The molecule has 2 aromatic carbocycles. The number of hydrogen-bond acceptors (Lipinski definition) is 4. The zero-order chi connectivity index (χ0) is 20.1. The van der Waals surface area contributed by atoms with E-state index in [0.29, 0.717) is 16.5 Å². The maximum atomic E-state index is 13.1. The predicted octanol–water partition coefficient (Wildman–Crippen LogP) is 4.11. The molecule has 1 N–H and O–H groups in total. The summed E-state index contributed by atoms with van der Waals surface area (Å²) < 4.78 is 26.0. The van der Waals surface area contributed by atoms with Gasteiger partial charge in [0.25, 0.3) is 0 Å². The summed E-state index contributed by atoms with van der Waals surface area (Å²) in [5.41, 5.74) is 0.951. The quantitative estimate of drug-likeness (QED) is 0.741. The summed E-state index contributed by atoms with van der Waals surface area (Å²) >= 11 is 1.17. The molecule has 8 heteroatoms. The average molecular weight is 401 g/mol. The Morgan fingerprint density at radius 3 is 2.36 bits per heavy atom. The van der Waals surface area contributed by atoms with E-state index in [0.717, 1.165) is 0 Å². The van der Waals surface area contributed by atoms with Gasteiger partial charge >= 0.3 is 0 Å². The third-order valence-electron chi connectivity index (χ3n) is 3.88. The lowest BCUT2D eigenvalue weighted by Gasteiger charge is -2.13. The van der Waals surface area contributed by atoms with E-state index in [4.69, 9.17) is 0 Å². The molecule has 1 heterocycles. The summed E-state index contributed by atoms with van der Waals surface area (Å²) in [5, 5.41) is 2.43. The number of hydrogen-bond donors (Lipinski definition) is 1. The zero-order valence-electron chi connectivity index (χ0n) is 14.8. The van der Waals surface area contributed by atoms with E-state index in [-0.39, 0.29) is 30.6 Å². The lowest BCUT2D eigenvalue weighted by molar-refractivity contribution is -0.127. The molecule has 2 aromatic rings. The largest absolute Gasteiger partial charge is 0.326 e. The molecule has 1 aliphatic heterocycles. The number of halogens is 2. The van der Waals surface area contributed by atoms with Crippen LogP contribution in [0.15, 0.2) is 66.2 Å². The molecule has 144 valence electrons. The summed E-state index contributed by atoms with van der Waals surface area (Å²) in [6.07, 6.45) is 1.51. The van der Waals surface area contributed by atoms with Crippen molar-refractivity contribution in [3.63, 3.8) is 0 Å². The fraction of sp³-hybridized carbons (Fsp3) is 0.150. The van der Waals surface area contributed by atoms with Gasteiger partial charge in [0.1, 0.15) is 16.9 Å². The number of thioether (sulfide) groups is 1. The average Bonchev–Trinajstić information content (AvgIpc) is 2.94. The van der Waals surface area contributed by atoms with Crippen molar-refractivity contribution in [1.29, 1.82) is 0 Å². The summed E-state index contributed by atoms with van der Waals surface area (Å²) in [6, 6.07) is 11.0. The van der Waals surface area contributed by atoms with Gasteiger partial charge in [-0.05, 0) is 48.5 Å². The Balaban J connectivity index is 1.72. The molecule has 5 nitrogen and oxygen atoms in total. The van der Waals surface area contributed by atoms with Crippen LogP contribution in [0.25, 0.3) is 0 Å². The van der Waals surface area contributed by atoms with Crippen molar-refractivity contribution < 1.29 is 18.4 Å². The van der Waals surface area contributed by atoms with Gasteiger partial charge < -0.3 is 5.32 Å². The van der Waals surface area contributed by atoms with Gasteiger partial charge in [-0.2, -0.15) is 0 Å². The van der Waals surface area contributed by atoms with Crippen LogP contribution in [0.1, 0.15) is 6.42 Å². The van der Waals surface area contributed by atoms with Crippen LogP contribution in [0.4, 0.5) is 20.2 Å². The molecule has 1 fully saturated rings. The molecule has 1 saturated heterocycles. The van der Waals surface area contributed by atoms with E-state index in [1.54, 1.807) is 6.08 Å². The standard InChI is InChI=1S/C20H17F2N3O2S/c1-2-11-25-19(27)17(12-18(26)23-15-7-3-13(21)4-8-15)28-20(25)24-16-9-5-14(22)6-10-16/h2-10,17H,1,11-12H2,(H,23,26)/t17-/m0/s1. The molecule has 0 saturated carbocycles. The van der Waals surface area contributed by atoms with Crippen LogP contribution in [-0.2, 0) is 9.59 Å². The molecule has 0 bridgehead atoms. The summed E-state index contributed by atoms with van der Waals surface area (Å²) in [7, 11) is 0. The Morgan fingerprint density at radius 1 is 1.14 bits per heavy atom. The van der Waals surface area contributed by atoms with Crippen molar-refractivity contribution in [1.82, 2.24) is 4.90 Å². The second kappa shape index (κ2) is 8.79. The summed E-state index contributed by atoms with van der Waals surface area (Å²) in [5.74, 6) is -1.39. The zero-order valence-corrected chi connectivity index (χ0v) is 15.6. The third kappa shape index (κ3) is 4.83. The number of carbonyl (C=O) groups excluding carboxylic acids is 2. The summed E-state index contributed by atoms with van der Waals surface area (Å²) in [6.45, 7) is 3.89. The van der Waals surface area contributed by atoms with Gasteiger partial charge in [0.15, 0.2) is 5.17 Å². The van der Waals surface area contributed by atoms with Crippen LogP contribution in [-0.4, -0.2) is 33.7 Å². The topological polar surface area (TPSA) is 61.8 Å².